The van der Waals surface area contributed by atoms with Crippen LogP contribution in [0.2, 0.25) is 0 Å². The highest BCUT2D eigenvalue weighted by Gasteiger charge is 2.38. The van der Waals surface area contributed by atoms with Crippen LogP contribution in [-0.4, -0.2) is 22.2 Å². The lowest BCUT2D eigenvalue weighted by atomic mass is 9.98. The molecule has 0 radical (unpaired) electrons. The van der Waals surface area contributed by atoms with Crippen molar-refractivity contribution in [3.05, 3.63) is 16.6 Å². The molecule has 18 heavy (non-hydrogen) atoms. The fourth-order valence-corrected chi connectivity index (χ4v) is 2.18. The average molecular weight is 314 g/mol. The summed E-state index contributed by atoms with van der Waals surface area (Å²) in [7, 11) is 0. The minimum absolute atomic E-state index is 0.0711. The maximum Gasteiger partial charge on any atom is 0.182 e. The van der Waals surface area contributed by atoms with E-state index >= 15 is 0 Å². The maximum absolute atomic E-state index is 14.1. The number of nitrogens with one attached hydrogen (secondary N) is 3. The van der Waals surface area contributed by atoms with Crippen LogP contribution in [0, 0.1) is 16.6 Å². The zero-order chi connectivity index (χ0) is 13.7. The highest BCUT2D eigenvalue weighted by molar-refractivity contribution is 9.10. The van der Waals surface area contributed by atoms with Crippen molar-refractivity contribution in [2.75, 3.05) is 10.2 Å². The van der Waals surface area contributed by atoms with Crippen LogP contribution in [0.25, 0.3) is 0 Å². The molecule has 2 rings (SSSR count). The Morgan fingerprint density at radius 1 is 1.56 bits per heavy atom. The van der Waals surface area contributed by atoms with Crippen LogP contribution < -0.4 is 10.2 Å². The van der Waals surface area contributed by atoms with E-state index in [0.717, 1.165) is 0 Å². The number of aromatic nitrogens is 1. The van der Waals surface area contributed by atoms with E-state index in [4.69, 9.17) is 10.8 Å². The molecule has 0 saturated heterocycles. The Morgan fingerprint density at radius 3 is 2.72 bits per heavy atom. The van der Waals surface area contributed by atoms with Crippen molar-refractivity contribution in [2.24, 2.45) is 0 Å². The topological polar surface area (TPSA) is 75.9 Å². The van der Waals surface area contributed by atoms with Gasteiger partial charge in [0.2, 0.25) is 0 Å². The van der Waals surface area contributed by atoms with Crippen molar-refractivity contribution in [1.29, 1.82) is 10.8 Å². The minimum atomic E-state index is -0.683. The van der Waals surface area contributed by atoms with Crippen LogP contribution in [0.5, 0.6) is 0 Å². The van der Waals surface area contributed by atoms with E-state index in [-0.39, 0.29) is 22.0 Å². The number of nitrogens with zero attached hydrogens (tertiary/aromatic N) is 2. The molecule has 7 heteroatoms. The Morgan fingerprint density at radius 2 is 2.17 bits per heavy atom. The van der Waals surface area contributed by atoms with Crippen molar-refractivity contribution in [3.8, 4) is 0 Å². The number of hydrogen-bond donors (Lipinski definition) is 3. The molecular formula is C11H13BrFN5. The Labute approximate surface area is 113 Å². The smallest absolute Gasteiger partial charge is 0.182 e. The molecule has 2 heterocycles. The van der Waals surface area contributed by atoms with E-state index in [1.807, 2.05) is 0 Å². The molecule has 1 aromatic heterocycles. The molecular weight excluding hydrogens is 301 g/mol. The van der Waals surface area contributed by atoms with Crippen molar-refractivity contribution >= 4 is 39.0 Å². The van der Waals surface area contributed by atoms with Gasteiger partial charge in [-0.3, -0.25) is 15.7 Å². The van der Waals surface area contributed by atoms with Gasteiger partial charge in [-0.25, -0.2) is 9.37 Å². The first-order valence-corrected chi connectivity index (χ1v) is 6.11. The van der Waals surface area contributed by atoms with Crippen molar-refractivity contribution < 1.29 is 4.39 Å². The minimum Gasteiger partial charge on any atom is -0.370 e. The van der Waals surface area contributed by atoms with Gasteiger partial charge in [0.25, 0.3) is 0 Å². The zero-order valence-electron chi connectivity index (χ0n) is 10.2. The quantitative estimate of drug-likeness (QED) is 0.391. The molecule has 0 amide bonds. The van der Waals surface area contributed by atoms with Gasteiger partial charge in [0.1, 0.15) is 22.0 Å². The summed E-state index contributed by atoms with van der Waals surface area (Å²) in [6.07, 6.45) is 1.49. The second-order valence-electron chi connectivity index (χ2n) is 4.64. The van der Waals surface area contributed by atoms with Gasteiger partial charge >= 0.3 is 0 Å². The summed E-state index contributed by atoms with van der Waals surface area (Å²) in [5.74, 6) is -0.362. The van der Waals surface area contributed by atoms with Gasteiger partial charge < -0.3 is 5.32 Å². The Bertz CT molecular complexity index is 555. The molecule has 96 valence electrons. The Balaban J connectivity index is 2.72. The highest BCUT2D eigenvalue weighted by atomic mass is 79.9. The van der Waals surface area contributed by atoms with Crippen molar-refractivity contribution in [3.63, 3.8) is 0 Å². The lowest BCUT2D eigenvalue weighted by molar-refractivity contribution is 0.609. The number of halogens is 2. The lowest BCUT2D eigenvalue weighted by Crippen LogP contribution is -2.55. The summed E-state index contributed by atoms with van der Waals surface area (Å²) in [5, 5.41) is 18.9. The first kappa shape index (κ1) is 12.9. The Hall–Kier alpha value is -1.50. The van der Waals surface area contributed by atoms with Crippen LogP contribution in [0.3, 0.4) is 0 Å². The highest BCUT2D eigenvalue weighted by Crippen LogP contribution is 2.39. The average Bonchev–Trinajstić information content (AvgIpc) is 2.26. The van der Waals surface area contributed by atoms with E-state index in [9.17, 15) is 4.39 Å². The van der Waals surface area contributed by atoms with Gasteiger partial charge in [0.15, 0.2) is 5.82 Å². The summed E-state index contributed by atoms with van der Waals surface area (Å²) in [6.45, 7) is 5.12. The zero-order valence-corrected chi connectivity index (χ0v) is 11.8. The van der Waals surface area contributed by atoms with Gasteiger partial charge in [-0.15, -0.1) is 0 Å². The van der Waals surface area contributed by atoms with Crippen molar-refractivity contribution in [2.45, 2.75) is 26.3 Å². The third-order valence-corrected chi connectivity index (χ3v) is 3.33. The standard InChI is InChI=1S/C11H13BrFN5/c1-5(14)18-8-6(4-16-9(12)7(8)13)17-11(2,3)10(18)15/h4,14-15,17H,1-3H3. The lowest BCUT2D eigenvalue weighted by Gasteiger charge is -2.41. The summed E-state index contributed by atoms with van der Waals surface area (Å²) in [5.41, 5.74) is -0.0472. The fraction of sp³-hybridized carbons (Fsp3) is 0.364. The summed E-state index contributed by atoms with van der Waals surface area (Å²) in [4.78, 5) is 5.17. The number of amidine groups is 2. The molecule has 0 saturated carbocycles. The first-order chi connectivity index (χ1) is 8.25. The predicted molar refractivity (Wildman–Crippen MR) is 73.2 cm³/mol. The van der Waals surface area contributed by atoms with E-state index in [1.54, 1.807) is 13.8 Å². The third-order valence-electron chi connectivity index (χ3n) is 2.77. The van der Waals surface area contributed by atoms with E-state index in [1.165, 1.54) is 18.0 Å². The number of hydrogen-bond acceptors (Lipinski definition) is 4. The normalized spacial score (nSPS) is 17.2. The van der Waals surface area contributed by atoms with Crippen LogP contribution in [0.15, 0.2) is 10.8 Å². The van der Waals surface area contributed by atoms with Gasteiger partial charge in [-0.05, 0) is 36.7 Å². The van der Waals surface area contributed by atoms with E-state index in [2.05, 4.69) is 26.2 Å². The molecule has 1 aliphatic heterocycles. The second kappa shape index (κ2) is 4.01. The van der Waals surface area contributed by atoms with Crippen LogP contribution in [0.1, 0.15) is 20.8 Å². The number of fused-ring (bicyclic) bond motifs is 1. The summed E-state index contributed by atoms with van der Waals surface area (Å²) < 4.78 is 14.2. The van der Waals surface area contributed by atoms with Gasteiger partial charge in [-0.2, -0.15) is 0 Å². The number of anilines is 2. The van der Waals surface area contributed by atoms with Crippen LogP contribution >= 0.6 is 15.9 Å². The van der Waals surface area contributed by atoms with Crippen LogP contribution in [0.4, 0.5) is 15.8 Å². The molecule has 1 aliphatic rings. The monoisotopic (exact) mass is 313 g/mol. The summed E-state index contributed by atoms with van der Waals surface area (Å²) >= 11 is 3.02. The van der Waals surface area contributed by atoms with Crippen molar-refractivity contribution in [1.82, 2.24) is 4.98 Å². The Kier molecular flexibility index (Phi) is 2.89. The molecule has 0 fully saturated rings. The van der Waals surface area contributed by atoms with E-state index < -0.39 is 11.4 Å². The number of pyridine rings is 1. The molecule has 0 unspecified atom stereocenters. The van der Waals surface area contributed by atoms with Gasteiger partial charge in [-0.1, -0.05) is 0 Å². The summed E-state index contributed by atoms with van der Waals surface area (Å²) in [6, 6.07) is 0. The van der Waals surface area contributed by atoms with Gasteiger partial charge in [0.05, 0.1) is 17.4 Å². The molecule has 0 spiro atoms. The SMILES string of the molecule is CC(=N)N1C(=N)C(C)(C)Nc2cnc(Br)c(F)c21. The molecule has 0 aliphatic carbocycles. The number of rotatable bonds is 0. The maximum atomic E-state index is 14.1. The molecule has 0 aromatic carbocycles. The molecule has 5 nitrogen and oxygen atoms in total. The largest absolute Gasteiger partial charge is 0.370 e. The second-order valence-corrected chi connectivity index (χ2v) is 5.40. The predicted octanol–water partition coefficient (Wildman–Crippen LogP) is 2.97. The fourth-order valence-electron chi connectivity index (χ4n) is 1.89. The molecule has 3 N–H and O–H groups in total. The van der Waals surface area contributed by atoms with E-state index in [0.29, 0.717) is 5.69 Å². The molecule has 0 atom stereocenters. The van der Waals surface area contributed by atoms with Gasteiger partial charge in [0, 0.05) is 0 Å². The van der Waals surface area contributed by atoms with Crippen LogP contribution in [-0.2, 0) is 0 Å². The third kappa shape index (κ3) is 1.78. The first-order valence-electron chi connectivity index (χ1n) is 5.32. The molecule has 1 aromatic rings. The molecule has 0 bridgehead atoms.